The average Bonchev–Trinajstić information content (AvgIpc) is 2.29. The number of esters is 1. The van der Waals surface area contributed by atoms with Gasteiger partial charge in [0.2, 0.25) is 5.76 Å². The molecule has 0 atom stereocenters. The van der Waals surface area contributed by atoms with Gasteiger partial charge in [-0.3, -0.25) is 4.98 Å². The van der Waals surface area contributed by atoms with Crippen LogP contribution in [0.25, 0.3) is 12.2 Å². The highest BCUT2D eigenvalue weighted by atomic mass is 16.5. The minimum atomic E-state index is -0.787. The molecule has 0 bridgehead atoms. The smallest absolute Gasteiger partial charge is 0.373 e. The summed E-state index contributed by atoms with van der Waals surface area (Å²) in [7, 11) is 1.20. The fourth-order valence-electron chi connectivity index (χ4n) is 0.926. The van der Waals surface area contributed by atoms with Crippen LogP contribution >= 0.6 is 0 Å². The molecule has 0 saturated carbocycles. The molecule has 0 aliphatic rings. The van der Waals surface area contributed by atoms with Crippen molar-refractivity contribution in [2.24, 2.45) is 0 Å². The van der Waals surface area contributed by atoms with Crippen LogP contribution in [0.2, 0.25) is 0 Å². The largest absolute Gasteiger partial charge is 0.502 e. The Labute approximate surface area is 87.5 Å². The van der Waals surface area contributed by atoms with Crippen molar-refractivity contribution in [2.75, 3.05) is 7.11 Å². The predicted octanol–water partition coefficient (Wildman–Crippen LogP) is 1.80. The molecule has 15 heavy (non-hydrogen) atoms. The number of aliphatic hydroxyl groups excluding tert-OH is 1. The fraction of sp³-hybridized carbons (Fsp3) is 0.0909. The number of rotatable bonds is 3. The molecule has 0 aliphatic carbocycles. The summed E-state index contributed by atoms with van der Waals surface area (Å²) in [5, 5.41) is 9.22. The van der Waals surface area contributed by atoms with Crippen LogP contribution in [0.3, 0.4) is 0 Å². The Morgan fingerprint density at radius 3 is 2.80 bits per heavy atom. The fourth-order valence-corrected chi connectivity index (χ4v) is 0.926. The van der Waals surface area contributed by atoms with Gasteiger partial charge in [-0.1, -0.05) is 18.7 Å². The van der Waals surface area contributed by atoms with Gasteiger partial charge < -0.3 is 9.84 Å². The number of ether oxygens (including phenoxy) is 1. The summed E-state index contributed by atoms with van der Waals surface area (Å²) >= 11 is 0. The first kappa shape index (κ1) is 11.0. The minimum Gasteiger partial charge on any atom is -0.502 e. The van der Waals surface area contributed by atoms with E-state index in [9.17, 15) is 9.90 Å². The van der Waals surface area contributed by atoms with Crippen molar-refractivity contribution < 1.29 is 14.6 Å². The normalized spacial score (nSPS) is 10.9. The van der Waals surface area contributed by atoms with Gasteiger partial charge in [0.25, 0.3) is 0 Å². The second kappa shape index (κ2) is 4.95. The summed E-state index contributed by atoms with van der Waals surface area (Å²) in [6.45, 7) is 3.58. The molecule has 0 aliphatic heterocycles. The zero-order valence-corrected chi connectivity index (χ0v) is 8.30. The molecule has 1 aromatic heterocycles. The first-order valence-electron chi connectivity index (χ1n) is 4.25. The van der Waals surface area contributed by atoms with E-state index >= 15 is 0 Å². The van der Waals surface area contributed by atoms with E-state index in [4.69, 9.17) is 0 Å². The van der Waals surface area contributed by atoms with E-state index in [-0.39, 0.29) is 0 Å². The van der Waals surface area contributed by atoms with Gasteiger partial charge in [-0.15, -0.1) is 0 Å². The van der Waals surface area contributed by atoms with Crippen molar-refractivity contribution in [3.63, 3.8) is 0 Å². The van der Waals surface area contributed by atoms with Crippen molar-refractivity contribution in [2.45, 2.75) is 0 Å². The van der Waals surface area contributed by atoms with Gasteiger partial charge in [0.15, 0.2) is 0 Å². The quantitative estimate of drug-likeness (QED) is 0.464. The predicted molar refractivity (Wildman–Crippen MR) is 56.9 cm³/mol. The molecule has 0 fully saturated rings. The van der Waals surface area contributed by atoms with Crippen LogP contribution in [0.4, 0.5) is 0 Å². The summed E-state index contributed by atoms with van der Waals surface area (Å²) in [4.78, 5) is 14.8. The van der Waals surface area contributed by atoms with Crippen molar-refractivity contribution >= 4 is 18.1 Å². The standard InChI is InChI=1S/C11H11NO3/c1-3-8-4-5-9(12-7-8)6-10(13)11(14)15-2/h3-7,13H,1H2,2H3/b10-6-. The Kier molecular flexibility index (Phi) is 3.62. The van der Waals surface area contributed by atoms with Crippen molar-refractivity contribution in [1.29, 1.82) is 0 Å². The molecule has 4 heteroatoms. The van der Waals surface area contributed by atoms with Crippen LogP contribution in [0.5, 0.6) is 0 Å². The molecule has 1 aromatic rings. The maximum atomic E-state index is 10.9. The lowest BCUT2D eigenvalue weighted by Crippen LogP contribution is -2.03. The lowest BCUT2D eigenvalue weighted by molar-refractivity contribution is -0.138. The highest BCUT2D eigenvalue weighted by Gasteiger charge is 2.06. The second-order valence-corrected chi connectivity index (χ2v) is 2.74. The van der Waals surface area contributed by atoms with Gasteiger partial charge >= 0.3 is 5.97 Å². The van der Waals surface area contributed by atoms with Gasteiger partial charge in [0, 0.05) is 12.3 Å². The summed E-state index contributed by atoms with van der Waals surface area (Å²) in [5.74, 6) is -1.26. The van der Waals surface area contributed by atoms with Crippen LogP contribution in [0.15, 0.2) is 30.7 Å². The van der Waals surface area contributed by atoms with E-state index in [1.165, 1.54) is 13.2 Å². The Hall–Kier alpha value is -2.10. The maximum absolute atomic E-state index is 10.9. The number of pyridine rings is 1. The van der Waals surface area contributed by atoms with Crippen LogP contribution in [-0.2, 0) is 9.53 Å². The number of carbonyl (C=O) groups excluding carboxylic acids is 1. The van der Waals surface area contributed by atoms with Crippen molar-refractivity contribution in [1.82, 2.24) is 4.98 Å². The van der Waals surface area contributed by atoms with E-state index < -0.39 is 11.7 Å². The van der Waals surface area contributed by atoms with Crippen LogP contribution in [0.1, 0.15) is 11.3 Å². The van der Waals surface area contributed by atoms with Crippen LogP contribution < -0.4 is 0 Å². The van der Waals surface area contributed by atoms with Crippen LogP contribution in [0, 0.1) is 0 Å². The van der Waals surface area contributed by atoms with Crippen molar-refractivity contribution in [3.8, 4) is 0 Å². The third-order valence-corrected chi connectivity index (χ3v) is 1.72. The SMILES string of the molecule is C=Cc1ccc(/C=C(\O)C(=O)OC)nc1. The first-order valence-corrected chi connectivity index (χ1v) is 4.25. The van der Waals surface area contributed by atoms with Gasteiger partial charge in [-0.05, 0) is 11.6 Å². The molecular weight excluding hydrogens is 194 g/mol. The van der Waals surface area contributed by atoms with E-state index in [2.05, 4.69) is 16.3 Å². The zero-order chi connectivity index (χ0) is 11.3. The monoisotopic (exact) mass is 205 g/mol. The first-order chi connectivity index (χ1) is 7.17. The number of hydrogen-bond acceptors (Lipinski definition) is 4. The number of aromatic nitrogens is 1. The molecule has 4 nitrogen and oxygen atoms in total. The summed E-state index contributed by atoms with van der Waals surface area (Å²) in [5.41, 5.74) is 1.34. The van der Waals surface area contributed by atoms with Gasteiger partial charge in [-0.25, -0.2) is 4.79 Å². The summed E-state index contributed by atoms with van der Waals surface area (Å²) in [6.07, 6.45) is 4.47. The summed E-state index contributed by atoms with van der Waals surface area (Å²) < 4.78 is 4.33. The molecular formula is C11H11NO3. The molecule has 1 N–H and O–H groups in total. The number of methoxy groups -OCH3 is 1. The Bertz CT molecular complexity index is 393. The molecule has 0 radical (unpaired) electrons. The van der Waals surface area contributed by atoms with Gasteiger partial charge in [0.05, 0.1) is 12.8 Å². The Balaban J connectivity index is 2.88. The number of aliphatic hydroxyl groups is 1. The Morgan fingerprint density at radius 1 is 1.60 bits per heavy atom. The molecule has 78 valence electrons. The molecule has 0 amide bonds. The minimum absolute atomic E-state index is 0.475. The highest BCUT2D eigenvalue weighted by molar-refractivity contribution is 5.90. The Morgan fingerprint density at radius 2 is 2.33 bits per heavy atom. The average molecular weight is 205 g/mol. The number of hydrogen-bond donors (Lipinski definition) is 1. The second-order valence-electron chi connectivity index (χ2n) is 2.74. The lowest BCUT2D eigenvalue weighted by Gasteiger charge is -1.98. The van der Waals surface area contributed by atoms with E-state index in [1.54, 1.807) is 24.4 Å². The highest BCUT2D eigenvalue weighted by Crippen LogP contribution is 2.05. The maximum Gasteiger partial charge on any atom is 0.373 e. The van der Waals surface area contributed by atoms with Gasteiger partial charge in [-0.2, -0.15) is 0 Å². The topological polar surface area (TPSA) is 59.4 Å². The molecule has 1 heterocycles. The van der Waals surface area contributed by atoms with E-state index in [0.717, 1.165) is 5.56 Å². The van der Waals surface area contributed by atoms with Gasteiger partial charge in [0.1, 0.15) is 0 Å². The van der Waals surface area contributed by atoms with Crippen molar-refractivity contribution in [3.05, 3.63) is 41.9 Å². The number of carbonyl (C=O) groups is 1. The van der Waals surface area contributed by atoms with E-state index in [1.807, 2.05) is 0 Å². The number of nitrogens with zero attached hydrogens (tertiary/aromatic N) is 1. The zero-order valence-electron chi connectivity index (χ0n) is 8.30. The molecule has 0 spiro atoms. The molecule has 0 unspecified atom stereocenters. The summed E-state index contributed by atoms with van der Waals surface area (Å²) in [6, 6.07) is 3.44. The molecule has 1 rings (SSSR count). The van der Waals surface area contributed by atoms with E-state index in [0.29, 0.717) is 5.69 Å². The van der Waals surface area contributed by atoms with Crippen LogP contribution in [-0.4, -0.2) is 23.2 Å². The molecule has 0 saturated heterocycles. The molecule has 0 aromatic carbocycles. The third kappa shape index (κ3) is 2.95. The third-order valence-electron chi connectivity index (χ3n) is 1.72. The lowest BCUT2D eigenvalue weighted by atomic mass is 10.2.